The van der Waals surface area contributed by atoms with Gasteiger partial charge in [-0.1, -0.05) is 0 Å². The molecule has 0 N–H and O–H groups in total. The molecule has 0 saturated heterocycles. The maximum absolute atomic E-state index is 5.33. The van der Waals surface area contributed by atoms with E-state index in [4.69, 9.17) is 18.9 Å². The van der Waals surface area contributed by atoms with Gasteiger partial charge in [-0.3, -0.25) is 0 Å². The van der Waals surface area contributed by atoms with Crippen molar-refractivity contribution in [3.63, 3.8) is 0 Å². The molecule has 0 aromatic heterocycles. The summed E-state index contributed by atoms with van der Waals surface area (Å²) in [6.45, 7) is 9.20. The summed E-state index contributed by atoms with van der Waals surface area (Å²) in [6.07, 6.45) is 4.19. The van der Waals surface area contributed by atoms with Gasteiger partial charge in [0, 0.05) is 39.6 Å². The molecule has 0 amide bonds. The van der Waals surface area contributed by atoms with Gasteiger partial charge in [0.05, 0.1) is 0 Å². The molecule has 0 aliphatic rings. The van der Waals surface area contributed by atoms with Gasteiger partial charge in [-0.15, -0.1) is 0 Å². The zero-order valence-corrected chi connectivity index (χ0v) is 11.4. The number of rotatable bonds is 14. The summed E-state index contributed by atoms with van der Waals surface area (Å²) < 4.78 is 21.1. The third-order valence-electron chi connectivity index (χ3n) is 2.23. The molecular formula is C13H28O4. The van der Waals surface area contributed by atoms with Crippen LogP contribution in [0.5, 0.6) is 0 Å². The summed E-state index contributed by atoms with van der Waals surface area (Å²) in [7, 11) is 0. The average molecular weight is 248 g/mol. The summed E-state index contributed by atoms with van der Waals surface area (Å²) in [5.74, 6) is 0. The van der Waals surface area contributed by atoms with Gasteiger partial charge in [0.15, 0.2) is 0 Å². The van der Waals surface area contributed by atoms with Crippen molar-refractivity contribution >= 4 is 0 Å². The normalized spacial score (nSPS) is 10.9. The molecule has 0 saturated carbocycles. The Hall–Kier alpha value is -0.160. The molecule has 17 heavy (non-hydrogen) atoms. The van der Waals surface area contributed by atoms with Gasteiger partial charge >= 0.3 is 0 Å². The molecule has 0 bridgehead atoms. The van der Waals surface area contributed by atoms with Gasteiger partial charge in [-0.25, -0.2) is 0 Å². The Morgan fingerprint density at radius 2 is 0.882 bits per heavy atom. The van der Waals surface area contributed by atoms with Crippen molar-refractivity contribution < 1.29 is 18.9 Å². The van der Waals surface area contributed by atoms with E-state index in [0.29, 0.717) is 6.79 Å². The molecular weight excluding hydrogens is 220 g/mol. The number of unbranched alkanes of at least 4 members (excludes halogenated alkanes) is 2. The molecule has 4 heteroatoms. The monoisotopic (exact) mass is 248 g/mol. The van der Waals surface area contributed by atoms with Gasteiger partial charge < -0.3 is 18.9 Å². The molecule has 0 aromatic carbocycles. The van der Waals surface area contributed by atoms with Crippen LogP contribution < -0.4 is 0 Å². The van der Waals surface area contributed by atoms with Crippen molar-refractivity contribution in [3.05, 3.63) is 0 Å². The van der Waals surface area contributed by atoms with Crippen LogP contribution in [0.25, 0.3) is 0 Å². The molecule has 104 valence electrons. The van der Waals surface area contributed by atoms with Crippen LogP contribution in [0.3, 0.4) is 0 Å². The fraction of sp³-hybridized carbons (Fsp3) is 1.00. The van der Waals surface area contributed by atoms with E-state index in [1.54, 1.807) is 0 Å². The van der Waals surface area contributed by atoms with E-state index >= 15 is 0 Å². The zero-order valence-electron chi connectivity index (χ0n) is 11.4. The maximum Gasteiger partial charge on any atom is 0.146 e. The fourth-order valence-electron chi connectivity index (χ4n) is 1.28. The first-order valence-corrected chi connectivity index (χ1v) is 6.72. The molecule has 0 heterocycles. The van der Waals surface area contributed by atoms with E-state index < -0.39 is 0 Å². The maximum atomic E-state index is 5.33. The lowest BCUT2D eigenvalue weighted by Gasteiger charge is -2.06. The van der Waals surface area contributed by atoms with Crippen LogP contribution in [0.1, 0.15) is 39.5 Å². The van der Waals surface area contributed by atoms with Crippen LogP contribution in [-0.4, -0.2) is 46.4 Å². The lowest BCUT2D eigenvalue weighted by atomic mass is 10.3. The summed E-state index contributed by atoms with van der Waals surface area (Å²) in [5, 5.41) is 0. The van der Waals surface area contributed by atoms with E-state index in [1.165, 1.54) is 0 Å². The Morgan fingerprint density at radius 3 is 1.24 bits per heavy atom. The van der Waals surface area contributed by atoms with E-state index in [-0.39, 0.29) is 0 Å². The summed E-state index contributed by atoms with van der Waals surface area (Å²) in [4.78, 5) is 0. The Kier molecular flexibility index (Phi) is 15.7. The third-order valence-corrected chi connectivity index (χ3v) is 2.23. The van der Waals surface area contributed by atoms with Gasteiger partial charge in [-0.05, 0) is 39.5 Å². The number of hydrogen-bond acceptors (Lipinski definition) is 4. The van der Waals surface area contributed by atoms with Crippen molar-refractivity contribution in [1.82, 2.24) is 0 Å². The van der Waals surface area contributed by atoms with E-state index in [2.05, 4.69) is 0 Å². The SMILES string of the molecule is CCOCCCCOCOCCCCOCC. The first kappa shape index (κ1) is 16.8. The van der Waals surface area contributed by atoms with Crippen LogP contribution in [0.2, 0.25) is 0 Å². The minimum absolute atomic E-state index is 0.406. The molecule has 0 fully saturated rings. The molecule has 0 spiro atoms. The van der Waals surface area contributed by atoms with E-state index in [1.807, 2.05) is 13.8 Å². The molecule has 0 radical (unpaired) electrons. The first-order valence-electron chi connectivity index (χ1n) is 6.72. The van der Waals surface area contributed by atoms with Crippen LogP contribution >= 0.6 is 0 Å². The summed E-state index contributed by atoms with van der Waals surface area (Å²) in [5.41, 5.74) is 0. The molecule has 0 unspecified atom stereocenters. The Labute approximate surface area is 106 Å². The summed E-state index contributed by atoms with van der Waals surface area (Å²) in [6, 6.07) is 0. The highest BCUT2D eigenvalue weighted by molar-refractivity contribution is 4.38. The van der Waals surface area contributed by atoms with Gasteiger partial charge in [0.1, 0.15) is 6.79 Å². The second kappa shape index (κ2) is 15.8. The largest absolute Gasteiger partial charge is 0.382 e. The average Bonchev–Trinajstić information content (AvgIpc) is 2.35. The highest BCUT2D eigenvalue weighted by Gasteiger charge is 1.92. The predicted molar refractivity (Wildman–Crippen MR) is 68.2 cm³/mol. The standard InChI is InChI=1S/C13H28O4/c1-3-14-9-5-7-11-16-13-17-12-8-6-10-15-4-2/h3-13H2,1-2H3. The van der Waals surface area contributed by atoms with Crippen molar-refractivity contribution in [2.75, 3.05) is 46.4 Å². The van der Waals surface area contributed by atoms with Gasteiger partial charge in [0.25, 0.3) is 0 Å². The Morgan fingerprint density at radius 1 is 0.529 bits per heavy atom. The predicted octanol–water partition coefficient (Wildman–Crippen LogP) is 2.61. The number of hydrogen-bond donors (Lipinski definition) is 0. The lowest BCUT2D eigenvalue weighted by molar-refractivity contribution is -0.0572. The molecule has 0 atom stereocenters. The van der Waals surface area contributed by atoms with Crippen LogP contribution in [0.15, 0.2) is 0 Å². The highest BCUT2D eigenvalue weighted by Crippen LogP contribution is 1.94. The second-order valence-corrected chi connectivity index (χ2v) is 3.74. The Bertz CT molecular complexity index is 117. The lowest BCUT2D eigenvalue weighted by Crippen LogP contribution is -2.05. The van der Waals surface area contributed by atoms with E-state index in [0.717, 1.165) is 65.3 Å². The minimum Gasteiger partial charge on any atom is -0.382 e. The van der Waals surface area contributed by atoms with Gasteiger partial charge in [-0.2, -0.15) is 0 Å². The molecule has 0 aliphatic heterocycles. The van der Waals surface area contributed by atoms with Crippen LogP contribution in [0, 0.1) is 0 Å². The van der Waals surface area contributed by atoms with Crippen molar-refractivity contribution in [3.8, 4) is 0 Å². The van der Waals surface area contributed by atoms with E-state index in [9.17, 15) is 0 Å². The smallest absolute Gasteiger partial charge is 0.146 e. The highest BCUT2D eigenvalue weighted by atomic mass is 16.7. The second-order valence-electron chi connectivity index (χ2n) is 3.74. The van der Waals surface area contributed by atoms with Crippen molar-refractivity contribution in [2.45, 2.75) is 39.5 Å². The van der Waals surface area contributed by atoms with Crippen LogP contribution in [-0.2, 0) is 18.9 Å². The molecule has 4 nitrogen and oxygen atoms in total. The quantitative estimate of drug-likeness (QED) is 0.350. The third kappa shape index (κ3) is 15.8. The summed E-state index contributed by atoms with van der Waals surface area (Å²) >= 11 is 0. The van der Waals surface area contributed by atoms with Crippen molar-refractivity contribution in [1.29, 1.82) is 0 Å². The number of ether oxygens (including phenoxy) is 4. The molecule has 0 aromatic rings. The fourth-order valence-corrected chi connectivity index (χ4v) is 1.28. The van der Waals surface area contributed by atoms with Crippen molar-refractivity contribution in [2.24, 2.45) is 0 Å². The zero-order chi connectivity index (χ0) is 12.6. The molecule has 0 aliphatic carbocycles. The topological polar surface area (TPSA) is 36.9 Å². The minimum atomic E-state index is 0.406. The van der Waals surface area contributed by atoms with Gasteiger partial charge in [0.2, 0.25) is 0 Å². The Balaban J connectivity index is 2.85. The molecule has 0 rings (SSSR count). The van der Waals surface area contributed by atoms with Crippen LogP contribution in [0.4, 0.5) is 0 Å². The first-order chi connectivity index (χ1) is 8.41.